The van der Waals surface area contributed by atoms with E-state index in [-0.39, 0.29) is 0 Å². The number of nitrogens with two attached hydrogens (primary N) is 1. The highest BCUT2D eigenvalue weighted by Crippen LogP contribution is 2.31. The standard InChI is InChI=1S/C23H38ClN5/c1-4-20(11-13-25)28(5-2)23-21-17-19(24)9-10-22(21)29(26-23)16-12-18(3)27-14-7-6-8-15-27/h9-10,17-18,20H,4-8,11-16,25H2,1-3H3. The Balaban J connectivity index is 1.86. The lowest BCUT2D eigenvalue weighted by atomic mass is 10.1. The van der Waals surface area contributed by atoms with Gasteiger partial charge in [-0.2, -0.15) is 5.10 Å². The Labute approximate surface area is 181 Å². The second-order valence-electron chi connectivity index (χ2n) is 8.37. The zero-order valence-electron chi connectivity index (χ0n) is 18.4. The molecule has 2 aromatic rings. The molecule has 2 unspecified atom stereocenters. The maximum atomic E-state index is 6.37. The smallest absolute Gasteiger partial charge is 0.158 e. The Hall–Kier alpha value is -1.30. The topological polar surface area (TPSA) is 50.3 Å². The van der Waals surface area contributed by atoms with Crippen LogP contribution in [0.1, 0.15) is 59.3 Å². The minimum absolute atomic E-state index is 0.405. The van der Waals surface area contributed by atoms with Gasteiger partial charge in [-0.3, -0.25) is 4.68 Å². The lowest BCUT2D eigenvalue weighted by Crippen LogP contribution is -2.38. The summed E-state index contributed by atoms with van der Waals surface area (Å²) in [6, 6.07) is 7.17. The van der Waals surface area contributed by atoms with Gasteiger partial charge in [0, 0.05) is 35.6 Å². The fourth-order valence-corrected chi connectivity index (χ4v) is 4.89. The molecule has 0 amide bonds. The summed E-state index contributed by atoms with van der Waals surface area (Å²) in [6.45, 7) is 11.8. The van der Waals surface area contributed by atoms with Crippen molar-refractivity contribution in [1.82, 2.24) is 14.7 Å². The quantitative estimate of drug-likeness (QED) is 0.594. The minimum atomic E-state index is 0.405. The summed E-state index contributed by atoms with van der Waals surface area (Å²) in [7, 11) is 0. The van der Waals surface area contributed by atoms with Gasteiger partial charge in [-0.25, -0.2) is 0 Å². The van der Waals surface area contributed by atoms with Crippen molar-refractivity contribution in [1.29, 1.82) is 0 Å². The number of likely N-dealkylation sites (tertiary alicyclic amines) is 1. The molecule has 1 aliphatic heterocycles. The Morgan fingerprint density at radius 3 is 2.59 bits per heavy atom. The Bertz CT molecular complexity index is 768. The first kappa shape index (κ1) is 22.4. The van der Waals surface area contributed by atoms with Gasteiger partial charge in [0.05, 0.1) is 5.52 Å². The van der Waals surface area contributed by atoms with Gasteiger partial charge in [0.15, 0.2) is 5.82 Å². The third-order valence-corrected chi connectivity index (χ3v) is 6.73. The van der Waals surface area contributed by atoms with E-state index in [2.05, 4.69) is 47.4 Å². The lowest BCUT2D eigenvalue weighted by Gasteiger charge is -2.32. The van der Waals surface area contributed by atoms with Gasteiger partial charge in [0.2, 0.25) is 0 Å². The van der Waals surface area contributed by atoms with Gasteiger partial charge in [-0.1, -0.05) is 24.9 Å². The van der Waals surface area contributed by atoms with Crippen LogP contribution < -0.4 is 10.6 Å². The third kappa shape index (κ3) is 5.25. The van der Waals surface area contributed by atoms with Gasteiger partial charge >= 0.3 is 0 Å². The third-order valence-electron chi connectivity index (χ3n) is 6.49. The van der Waals surface area contributed by atoms with Crippen LogP contribution in [0.4, 0.5) is 5.82 Å². The molecule has 162 valence electrons. The minimum Gasteiger partial charge on any atom is -0.352 e. The molecule has 3 rings (SSSR count). The molecule has 1 aromatic heterocycles. The number of piperidine rings is 1. The summed E-state index contributed by atoms with van der Waals surface area (Å²) in [5.41, 5.74) is 7.07. The van der Waals surface area contributed by atoms with Gasteiger partial charge in [0.1, 0.15) is 0 Å². The second kappa shape index (κ2) is 10.6. The van der Waals surface area contributed by atoms with Crippen LogP contribution in [-0.2, 0) is 6.54 Å². The van der Waals surface area contributed by atoms with E-state index in [1.54, 1.807) is 0 Å². The molecular formula is C23H38ClN5. The number of fused-ring (bicyclic) bond motifs is 1. The summed E-state index contributed by atoms with van der Waals surface area (Å²) < 4.78 is 2.19. The molecule has 1 aromatic carbocycles. The molecule has 0 spiro atoms. The molecule has 6 heteroatoms. The molecule has 2 heterocycles. The molecule has 0 radical (unpaired) electrons. The van der Waals surface area contributed by atoms with Crippen molar-refractivity contribution in [3.8, 4) is 0 Å². The van der Waals surface area contributed by atoms with E-state index in [9.17, 15) is 0 Å². The molecule has 0 saturated carbocycles. The SMILES string of the molecule is CCC(CCN)N(CC)c1nn(CCC(C)N2CCCCC2)c2ccc(Cl)cc12. The summed E-state index contributed by atoms with van der Waals surface area (Å²) in [5, 5.41) is 7.01. The number of aromatic nitrogens is 2. The van der Waals surface area contributed by atoms with Crippen LogP contribution in [0.15, 0.2) is 18.2 Å². The monoisotopic (exact) mass is 419 g/mol. The molecule has 5 nitrogen and oxygen atoms in total. The van der Waals surface area contributed by atoms with Crippen molar-refractivity contribution in [3.63, 3.8) is 0 Å². The normalized spacial score (nSPS) is 17.6. The van der Waals surface area contributed by atoms with E-state index in [4.69, 9.17) is 22.4 Å². The Morgan fingerprint density at radius 2 is 1.93 bits per heavy atom. The van der Waals surface area contributed by atoms with Crippen molar-refractivity contribution >= 4 is 28.3 Å². The first-order chi connectivity index (χ1) is 14.1. The highest BCUT2D eigenvalue weighted by Gasteiger charge is 2.23. The largest absolute Gasteiger partial charge is 0.352 e. The number of hydrogen-bond acceptors (Lipinski definition) is 4. The predicted octanol–water partition coefficient (Wildman–Crippen LogP) is 4.91. The van der Waals surface area contributed by atoms with Gasteiger partial charge in [0.25, 0.3) is 0 Å². The van der Waals surface area contributed by atoms with Crippen LogP contribution in [0, 0.1) is 0 Å². The van der Waals surface area contributed by atoms with Crippen LogP contribution >= 0.6 is 11.6 Å². The Morgan fingerprint density at radius 1 is 1.17 bits per heavy atom. The first-order valence-corrected chi connectivity index (χ1v) is 11.8. The van der Waals surface area contributed by atoms with Gasteiger partial charge in [-0.15, -0.1) is 0 Å². The first-order valence-electron chi connectivity index (χ1n) is 11.5. The zero-order valence-corrected chi connectivity index (χ0v) is 19.2. The number of benzene rings is 1. The maximum Gasteiger partial charge on any atom is 0.158 e. The van der Waals surface area contributed by atoms with Crippen LogP contribution in [0.25, 0.3) is 10.9 Å². The summed E-state index contributed by atoms with van der Waals surface area (Å²) in [4.78, 5) is 5.05. The molecule has 1 saturated heterocycles. The highest BCUT2D eigenvalue weighted by molar-refractivity contribution is 6.31. The number of nitrogens with zero attached hydrogens (tertiary/aromatic N) is 4. The second-order valence-corrected chi connectivity index (χ2v) is 8.80. The summed E-state index contributed by atoms with van der Waals surface area (Å²) >= 11 is 6.37. The number of halogens is 1. The lowest BCUT2D eigenvalue weighted by molar-refractivity contribution is 0.162. The predicted molar refractivity (Wildman–Crippen MR) is 125 cm³/mol. The molecule has 2 atom stereocenters. The number of rotatable bonds is 10. The van der Waals surface area contributed by atoms with E-state index in [1.807, 2.05) is 6.07 Å². The van der Waals surface area contributed by atoms with Crippen LogP contribution in [0.2, 0.25) is 5.02 Å². The average Bonchev–Trinajstić information content (AvgIpc) is 3.10. The van der Waals surface area contributed by atoms with E-state index >= 15 is 0 Å². The van der Waals surface area contributed by atoms with Crippen molar-refractivity contribution in [2.24, 2.45) is 5.73 Å². The highest BCUT2D eigenvalue weighted by atomic mass is 35.5. The molecule has 1 fully saturated rings. The van der Waals surface area contributed by atoms with Crippen molar-refractivity contribution in [3.05, 3.63) is 23.2 Å². The molecular weight excluding hydrogens is 382 g/mol. The zero-order chi connectivity index (χ0) is 20.8. The van der Waals surface area contributed by atoms with Crippen LogP contribution in [0.5, 0.6) is 0 Å². The van der Waals surface area contributed by atoms with Crippen LogP contribution in [0.3, 0.4) is 0 Å². The van der Waals surface area contributed by atoms with E-state index < -0.39 is 0 Å². The summed E-state index contributed by atoms with van der Waals surface area (Å²) in [6.07, 6.45) is 7.21. The van der Waals surface area contributed by atoms with E-state index in [0.717, 1.165) is 48.6 Å². The summed E-state index contributed by atoms with van der Waals surface area (Å²) in [5.74, 6) is 1.05. The van der Waals surface area contributed by atoms with Crippen molar-refractivity contribution in [2.75, 3.05) is 31.1 Å². The molecule has 0 aliphatic carbocycles. The number of hydrogen-bond donors (Lipinski definition) is 1. The number of anilines is 1. The fraction of sp³-hybridized carbons (Fsp3) is 0.696. The molecule has 29 heavy (non-hydrogen) atoms. The van der Waals surface area contributed by atoms with Gasteiger partial charge < -0.3 is 15.5 Å². The molecule has 2 N–H and O–H groups in total. The average molecular weight is 420 g/mol. The maximum absolute atomic E-state index is 6.37. The van der Waals surface area contributed by atoms with E-state index in [0.29, 0.717) is 18.6 Å². The van der Waals surface area contributed by atoms with Crippen LogP contribution in [-0.4, -0.2) is 52.9 Å². The molecule has 1 aliphatic rings. The number of aryl methyl sites for hydroxylation is 1. The van der Waals surface area contributed by atoms with E-state index in [1.165, 1.54) is 37.9 Å². The van der Waals surface area contributed by atoms with Crippen molar-refractivity contribution in [2.45, 2.75) is 77.9 Å². The Kier molecular flexibility index (Phi) is 8.22. The fourth-order valence-electron chi connectivity index (χ4n) is 4.72. The molecule has 0 bridgehead atoms. The van der Waals surface area contributed by atoms with Gasteiger partial charge in [-0.05, 0) is 83.8 Å². The van der Waals surface area contributed by atoms with Crippen molar-refractivity contribution < 1.29 is 0 Å².